The number of aryl methyl sites for hydroxylation is 1. The molecular weight excluding hydrogens is 252 g/mol. The number of nitrogens with two attached hydrogens (primary N) is 1. The van der Waals surface area contributed by atoms with Gasteiger partial charge in [0, 0.05) is 25.6 Å². The zero-order valence-corrected chi connectivity index (χ0v) is 13.0. The highest BCUT2D eigenvalue weighted by atomic mass is 16.5. The van der Waals surface area contributed by atoms with Gasteiger partial charge >= 0.3 is 0 Å². The largest absolute Gasteiger partial charge is 0.496 e. The van der Waals surface area contributed by atoms with Crippen molar-refractivity contribution in [3.63, 3.8) is 0 Å². The molecule has 1 unspecified atom stereocenters. The number of carbonyl (C=O) groups excluding carboxylic acids is 1. The van der Waals surface area contributed by atoms with E-state index in [1.165, 1.54) is 5.56 Å². The minimum atomic E-state index is 0.147. The summed E-state index contributed by atoms with van der Waals surface area (Å²) in [5, 5.41) is 0. The first-order chi connectivity index (χ1) is 9.47. The van der Waals surface area contributed by atoms with Crippen LogP contribution in [0.3, 0.4) is 0 Å². The minimum absolute atomic E-state index is 0.147. The number of methoxy groups -OCH3 is 1. The van der Waals surface area contributed by atoms with Crippen LogP contribution in [0, 0.1) is 12.8 Å². The second kappa shape index (κ2) is 7.90. The van der Waals surface area contributed by atoms with Gasteiger partial charge in [0.15, 0.2) is 0 Å². The Labute approximate surface area is 121 Å². The first kappa shape index (κ1) is 16.5. The molecule has 20 heavy (non-hydrogen) atoms. The summed E-state index contributed by atoms with van der Waals surface area (Å²) in [4.78, 5) is 13.8. The van der Waals surface area contributed by atoms with Crippen LogP contribution in [0.2, 0.25) is 0 Å². The van der Waals surface area contributed by atoms with Crippen molar-refractivity contribution in [3.05, 3.63) is 29.3 Å². The summed E-state index contributed by atoms with van der Waals surface area (Å²) in [5.74, 6) is 1.36. The lowest BCUT2D eigenvalue weighted by molar-refractivity contribution is -0.130. The van der Waals surface area contributed by atoms with Crippen molar-refractivity contribution >= 4 is 5.91 Å². The molecule has 1 rings (SSSR count). The zero-order valence-electron chi connectivity index (χ0n) is 13.0. The standard InChI is InChI=1S/C16H26N2O2/c1-12-5-7-15(20-4)14(9-12)11-18(3)16(19)8-6-13(2)10-17/h5,7,9,13H,6,8,10-11,17H2,1-4H3. The summed E-state index contributed by atoms with van der Waals surface area (Å²) in [6.45, 7) is 5.30. The number of hydrogen-bond donors (Lipinski definition) is 1. The fraction of sp³-hybridized carbons (Fsp3) is 0.562. The molecule has 0 aromatic heterocycles. The van der Waals surface area contributed by atoms with Gasteiger partial charge < -0.3 is 15.4 Å². The van der Waals surface area contributed by atoms with E-state index in [0.717, 1.165) is 17.7 Å². The number of ether oxygens (including phenoxy) is 1. The molecule has 0 saturated carbocycles. The van der Waals surface area contributed by atoms with E-state index in [-0.39, 0.29) is 5.91 Å². The Morgan fingerprint density at radius 1 is 1.45 bits per heavy atom. The highest BCUT2D eigenvalue weighted by Gasteiger charge is 2.13. The maximum atomic E-state index is 12.1. The average molecular weight is 278 g/mol. The molecule has 0 radical (unpaired) electrons. The highest BCUT2D eigenvalue weighted by molar-refractivity contribution is 5.75. The van der Waals surface area contributed by atoms with Crippen LogP contribution in [0.15, 0.2) is 18.2 Å². The van der Waals surface area contributed by atoms with E-state index in [1.807, 2.05) is 26.1 Å². The lowest BCUT2D eigenvalue weighted by Gasteiger charge is -2.20. The van der Waals surface area contributed by atoms with E-state index in [9.17, 15) is 4.79 Å². The molecule has 1 amide bonds. The van der Waals surface area contributed by atoms with Crippen LogP contribution in [0.25, 0.3) is 0 Å². The fourth-order valence-corrected chi connectivity index (χ4v) is 2.05. The lowest BCUT2D eigenvalue weighted by Crippen LogP contribution is -2.27. The van der Waals surface area contributed by atoms with Crippen LogP contribution < -0.4 is 10.5 Å². The van der Waals surface area contributed by atoms with E-state index in [2.05, 4.69) is 13.0 Å². The Hall–Kier alpha value is -1.55. The molecule has 112 valence electrons. The van der Waals surface area contributed by atoms with E-state index < -0.39 is 0 Å². The molecule has 0 spiro atoms. The summed E-state index contributed by atoms with van der Waals surface area (Å²) in [6, 6.07) is 6.01. The van der Waals surface area contributed by atoms with Crippen LogP contribution >= 0.6 is 0 Å². The second-order valence-electron chi connectivity index (χ2n) is 5.44. The molecule has 0 saturated heterocycles. The second-order valence-corrected chi connectivity index (χ2v) is 5.44. The highest BCUT2D eigenvalue weighted by Crippen LogP contribution is 2.21. The molecule has 1 atom stereocenters. The normalized spacial score (nSPS) is 12.1. The Kier molecular flexibility index (Phi) is 6.52. The van der Waals surface area contributed by atoms with Gasteiger partial charge in [-0.3, -0.25) is 4.79 Å². The van der Waals surface area contributed by atoms with Gasteiger partial charge in [-0.05, 0) is 31.9 Å². The van der Waals surface area contributed by atoms with Crippen molar-refractivity contribution in [3.8, 4) is 5.75 Å². The molecule has 0 fully saturated rings. The summed E-state index contributed by atoms with van der Waals surface area (Å²) in [7, 11) is 3.48. The summed E-state index contributed by atoms with van der Waals surface area (Å²) >= 11 is 0. The van der Waals surface area contributed by atoms with Gasteiger partial charge in [0.1, 0.15) is 5.75 Å². The minimum Gasteiger partial charge on any atom is -0.496 e. The van der Waals surface area contributed by atoms with Gasteiger partial charge in [-0.25, -0.2) is 0 Å². The molecule has 0 aliphatic carbocycles. The number of hydrogen-bond acceptors (Lipinski definition) is 3. The topological polar surface area (TPSA) is 55.6 Å². The SMILES string of the molecule is COc1ccc(C)cc1CN(C)C(=O)CCC(C)CN. The zero-order chi connectivity index (χ0) is 15.1. The van der Waals surface area contributed by atoms with Gasteiger partial charge in [0.25, 0.3) is 0 Å². The molecule has 0 heterocycles. The molecular formula is C16H26N2O2. The third-order valence-corrected chi connectivity index (χ3v) is 3.52. The van der Waals surface area contributed by atoms with Crippen LogP contribution in [-0.2, 0) is 11.3 Å². The Morgan fingerprint density at radius 2 is 2.15 bits per heavy atom. The molecule has 4 heteroatoms. The van der Waals surface area contributed by atoms with Crippen molar-refractivity contribution in [1.29, 1.82) is 0 Å². The van der Waals surface area contributed by atoms with Gasteiger partial charge in [0.2, 0.25) is 5.91 Å². The van der Waals surface area contributed by atoms with Crippen LogP contribution in [-0.4, -0.2) is 31.5 Å². The van der Waals surface area contributed by atoms with Crippen LogP contribution in [0.4, 0.5) is 0 Å². The molecule has 0 bridgehead atoms. The number of nitrogens with zero attached hydrogens (tertiary/aromatic N) is 1. The van der Waals surface area contributed by atoms with Crippen molar-refractivity contribution in [2.45, 2.75) is 33.2 Å². The van der Waals surface area contributed by atoms with E-state index in [1.54, 1.807) is 12.0 Å². The molecule has 0 aliphatic heterocycles. The summed E-state index contributed by atoms with van der Waals surface area (Å²) in [6.07, 6.45) is 1.38. The smallest absolute Gasteiger partial charge is 0.222 e. The van der Waals surface area contributed by atoms with Crippen LogP contribution in [0.1, 0.15) is 30.9 Å². The maximum Gasteiger partial charge on any atom is 0.222 e. The number of rotatable bonds is 7. The monoisotopic (exact) mass is 278 g/mol. The predicted octanol–water partition coefficient (Wildman–Crippen LogP) is 2.34. The third kappa shape index (κ3) is 4.85. The fourth-order valence-electron chi connectivity index (χ4n) is 2.05. The maximum absolute atomic E-state index is 12.1. The van der Waals surface area contributed by atoms with Crippen molar-refractivity contribution in [1.82, 2.24) is 4.90 Å². The molecule has 1 aromatic carbocycles. The number of benzene rings is 1. The number of amides is 1. The van der Waals surface area contributed by atoms with Gasteiger partial charge in [-0.1, -0.05) is 24.6 Å². The summed E-state index contributed by atoms with van der Waals surface area (Å²) in [5.41, 5.74) is 7.77. The van der Waals surface area contributed by atoms with Crippen molar-refractivity contribution < 1.29 is 9.53 Å². The van der Waals surface area contributed by atoms with E-state index in [4.69, 9.17) is 10.5 Å². The van der Waals surface area contributed by atoms with Crippen molar-refractivity contribution in [2.75, 3.05) is 20.7 Å². The molecule has 4 nitrogen and oxygen atoms in total. The average Bonchev–Trinajstić information content (AvgIpc) is 2.44. The first-order valence-electron chi connectivity index (χ1n) is 7.05. The Morgan fingerprint density at radius 3 is 2.75 bits per heavy atom. The lowest BCUT2D eigenvalue weighted by atomic mass is 10.1. The molecule has 2 N–H and O–H groups in total. The predicted molar refractivity (Wildman–Crippen MR) is 81.7 cm³/mol. The Balaban J connectivity index is 2.63. The quantitative estimate of drug-likeness (QED) is 0.833. The number of carbonyl (C=O) groups is 1. The van der Waals surface area contributed by atoms with Crippen molar-refractivity contribution in [2.24, 2.45) is 11.7 Å². The summed E-state index contributed by atoms with van der Waals surface area (Å²) < 4.78 is 5.34. The molecule has 1 aromatic rings. The Bertz CT molecular complexity index is 446. The van der Waals surface area contributed by atoms with Gasteiger partial charge in [0.05, 0.1) is 7.11 Å². The first-order valence-corrected chi connectivity index (χ1v) is 7.05. The van der Waals surface area contributed by atoms with E-state index in [0.29, 0.717) is 25.4 Å². The molecule has 0 aliphatic rings. The van der Waals surface area contributed by atoms with E-state index >= 15 is 0 Å². The third-order valence-electron chi connectivity index (χ3n) is 3.52. The van der Waals surface area contributed by atoms with Gasteiger partial charge in [-0.15, -0.1) is 0 Å². The van der Waals surface area contributed by atoms with Gasteiger partial charge in [-0.2, -0.15) is 0 Å². The van der Waals surface area contributed by atoms with Crippen LogP contribution in [0.5, 0.6) is 5.75 Å².